The summed E-state index contributed by atoms with van der Waals surface area (Å²) in [5.41, 5.74) is 3.77. The Balaban J connectivity index is 2.02. The van der Waals surface area contributed by atoms with Gasteiger partial charge in [0, 0.05) is 5.56 Å². The molecule has 0 unspecified atom stereocenters. The van der Waals surface area contributed by atoms with Gasteiger partial charge < -0.3 is 4.98 Å². The minimum atomic E-state index is -0.158. The fourth-order valence-electron chi connectivity index (χ4n) is 2.96. The lowest BCUT2D eigenvalue weighted by Gasteiger charge is -2.10. The molecular weight excluding hydrogens is 330 g/mol. The van der Waals surface area contributed by atoms with Gasteiger partial charge in [0.25, 0.3) is 5.56 Å². The largest absolute Gasteiger partial charge is 0.316 e. The first-order valence-corrected chi connectivity index (χ1v) is 8.33. The summed E-state index contributed by atoms with van der Waals surface area (Å²) < 4.78 is 1.84. The number of fused-ring (bicyclic) bond motifs is 1. The molecule has 0 radical (unpaired) electrons. The van der Waals surface area contributed by atoms with Gasteiger partial charge >= 0.3 is 0 Å². The SMILES string of the molecule is Cc1cc(-c2ccccc2)nc2[nH]c(=S)n(-c3ccccc3)c(=O)c12. The Morgan fingerprint density at radius 1 is 1.00 bits per heavy atom. The molecule has 1 N–H and O–H groups in total. The first-order valence-electron chi connectivity index (χ1n) is 7.92. The summed E-state index contributed by atoms with van der Waals surface area (Å²) in [5.74, 6) is 0. The zero-order valence-corrected chi connectivity index (χ0v) is 14.4. The molecule has 122 valence electrons. The van der Waals surface area contributed by atoms with E-state index in [0.717, 1.165) is 22.5 Å². The molecule has 0 bridgehead atoms. The predicted octanol–water partition coefficient (Wildman–Crippen LogP) is 4.42. The number of para-hydroxylation sites is 1. The number of aromatic nitrogens is 3. The van der Waals surface area contributed by atoms with Crippen LogP contribution >= 0.6 is 12.2 Å². The van der Waals surface area contributed by atoms with E-state index in [0.29, 0.717) is 15.8 Å². The third-order valence-corrected chi connectivity index (χ3v) is 4.43. The number of rotatable bonds is 2. The third kappa shape index (κ3) is 2.68. The number of benzene rings is 2. The molecule has 25 heavy (non-hydrogen) atoms. The van der Waals surface area contributed by atoms with E-state index in [4.69, 9.17) is 12.2 Å². The minimum absolute atomic E-state index is 0.158. The highest BCUT2D eigenvalue weighted by Crippen LogP contribution is 2.22. The second-order valence-corrected chi connectivity index (χ2v) is 6.21. The molecule has 0 atom stereocenters. The molecule has 0 aliphatic carbocycles. The van der Waals surface area contributed by atoms with E-state index in [-0.39, 0.29) is 5.56 Å². The monoisotopic (exact) mass is 345 g/mol. The molecule has 4 rings (SSSR count). The van der Waals surface area contributed by atoms with Crippen LogP contribution in [0.3, 0.4) is 0 Å². The number of nitrogens with zero attached hydrogens (tertiary/aromatic N) is 2. The van der Waals surface area contributed by atoms with Crippen LogP contribution in [0.15, 0.2) is 71.5 Å². The smallest absolute Gasteiger partial charge is 0.268 e. The average Bonchev–Trinajstić information content (AvgIpc) is 2.62. The number of hydrogen-bond acceptors (Lipinski definition) is 3. The van der Waals surface area contributed by atoms with Crippen molar-refractivity contribution in [3.05, 3.63) is 87.4 Å². The lowest BCUT2D eigenvalue weighted by Crippen LogP contribution is -2.21. The van der Waals surface area contributed by atoms with Crippen molar-refractivity contribution in [2.24, 2.45) is 0 Å². The Bertz CT molecular complexity index is 1180. The van der Waals surface area contributed by atoms with Gasteiger partial charge in [0.05, 0.1) is 16.8 Å². The normalized spacial score (nSPS) is 10.9. The Labute approximate surface area is 149 Å². The minimum Gasteiger partial charge on any atom is -0.316 e. The number of aromatic amines is 1. The lowest BCUT2D eigenvalue weighted by atomic mass is 10.1. The van der Waals surface area contributed by atoms with E-state index >= 15 is 0 Å². The number of pyridine rings is 1. The van der Waals surface area contributed by atoms with Crippen LogP contribution in [0.2, 0.25) is 0 Å². The molecule has 2 aromatic heterocycles. The highest BCUT2D eigenvalue weighted by Gasteiger charge is 2.12. The number of hydrogen-bond donors (Lipinski definition) is 1. The lowest BCUT2D eigenvalue weighted by molar-refractivity contribution is 0.932. The molecule has 5 heteroatoms. The van der Waals surface area contributed by atoms with Crippen molar-refractivity contribution in [3.63, 3.8) is 0 Å². The van der Waals surface area contributed by atoms with Gasteiger partial charge in [-0.2, -0.15) is 0 Å². The quantitative estimate of drug-likeness (QED) is 0.547. The first kappa shape index (κ1) is 15.5. The van der Waals surface area contributed by atoms with Crippen LogP contribution < -0.4 is 5.56 Å². The molecule has 4 aromatic rings. The van der Waals surface area contributed by atoms with Crippen molar-refractivity contribution >= 4 is 23.3 Å². The summed E-state index contributed by atoms with van der Waals surface area (Å²) in [6.45, 7) is 1.92. The molecule has 2 aromatic carbocycles. The summed E-state index contributed by atoms with van der Waals surface area (Å²) in [6.07, 6.45) is 0. The Morgan fingerprint density at radius 2 is 1.64 bits per heavy atom. The number of nitrogens with one attached hydrogen (secondary N) is 1. The van der Waals surface area contributed by atoms with Gasteiger partial charge in [-0.1, -0.05) is 48.5 Å². The van der Waals surface area contributed by atoms with Crippen LogP contribution in [0.25, 0.3) is 28.0 Å². The number of aryl methyl sites for hydroxylation is 1. The predicted molar refractivity (Wildman–Crippen MR) is 103 cm³/mol. The standard InChI is InChI=1S/C20H15N3OS/c1-13-12-16(14-8-4-2-5-9-14)21-18-17(13)19(24)23(20(25)22-18)15-10-6-3-7-11-15/h2-12H,1H3,(H,21,22,25). The van der Waals surface area contributed by atoms with Crippen molar-refractivity contribution in [3.8, 4) is 16.9 Å². The summed E-state index contributed by atoms with van der Waals surface area (Å²) in [6, 6.07) is 21.2. The topological polar surface area (TPSA) is 50.7 Å². The van der Waals surface area contributed by atoms with E-state index < -0.39 is 0 Å². The molecule has 0 aliphatic rings. The van der Waals surface area contributed by atoms with Crippen LogP contribution in [0.5, 0.6) is 0 Å². The van der Waals surface area contributed by atoms with Crippen molar-refractivity contribution < 1.29 is 0 Å². The van der Waals surface area contributed by atoms with Gasteiger partial charge in [-0.25, -0.2) is 4.98 Å². The summed E-state index contributed by atoms with van der Waals surface area (Å²) in [5, 5.41) is 0.553. The second-order valence-electron chi connectivity index (χ2n) is 5.82. The molecule has 0 saturated heterocycles. The highest BCUT2D eigenvalue weighted by molar-refractivity contribution is 7.71. The molecular formula is C20H15N3OS. The molecule has 0 aliphatic heterocycles. The molecule has 0 saturated carbocycles. The third-order valence-electron chi connectivity index (χ3n) is 4.15. The van der Waals surface area contributed by atoms with Gasteiger partial charge in [0.2, 0.25) is 0 Å². The zero-order valence-electron chi connectivity index (χ0n) is 13.6. The van der Waals surface area contributed by atoms with E-state index in [1.54, 1.807) is 0 Å². The van der Waals surface area contributed by atoms with Crippen molar-refractivity contribution in [2.75, 3.05) is 0 Å². The van der Waals surface area contributed by atoms with E-state index in [1.165, 1.54) is 4.57 Å². The Hall–Kier alpha value is -3.05. The average molecular weight is 345 g/mol. The summed E-state index contributed by atoms with van der Waals surface area (Å²) >= 11 is 5.42. The van der Waals surface area contributed by atoms with E-state index in [2.05, 4.69) is 9.97 Å². The first-order chi connectivity index (χ1) is 12.1. The van der Waals surface area contributed by atoms with E-state index in [9.17, 15) is 4.79 Å². The van der Waals surface area contributed by atoms with Crippen LogP contribution in [0.4, 0.5) is 0 Å². The van der Waals surface area contributed by atoms with Crippen LogP contribution in [0.1, 0.15) is 5.56 Å². The highest BCUT2D eigenvalue weighted by atomic mass is 32.1. The Morgan fingerprint density at radius 3 is 2.32 bits per heavy atom. The van der Waals surface area contributed by atoms with Gasteiger partial charge in [0.15, 0.2) is 4.77 Å². The van der Waals surface area contributed by atoms with Crippen molar-refractivity contribution in [1.29, 1.82) is 0 Å². The second kappa shape index (κ2) is 6.11. The van der Waals surface area contributed by atoms with E-state index in [1.807, 2.05) is 73.7 Å². The maximum absolute atomic E-state index is 13.1. The van der Waals surface area contributed by atoms with Crippen LogP contribution in [0, 0.1) is 11.7 Å². The van der Waals surface area contributed by atoms with Crippen LogP contribution in [-0.4, -0.2) is 14.5 Å². The fraction of sp³-hybridized carbons (Fsp3) is 0.0500. The fourth-order valence-corrected chi connectivity index (χ4v) is 3.25. The molecule has 0 fully saturated rings. The molecule has 0 amide bonds. The Kier molecular flexibility index (Phi) is 3.78. The van der Waals surface area contributed by atoms with Gasteiger partial charge in [-0.15, -0.1) is 0 Å². The summed E-state index contributed by atoms with van der Waals surface area (Å²) in [4.78, 5) is 20.8. The van der Waals surface area contributed by atoms with Crippen molar-refractivity contribution in [2.45, 2.75) is 6.92 Å². The van der Waals surface area contributed by atoms with Crippen LogP contribution in [-0.2, 0) is 0 Å². The van der Waals surface area contributed by atoms with Crippen molar-refractivity contribution in [1.82, 2.24) is 14.5 Å². The zero-order chi connectivity index (χ0) is 17.4. The molecule has 2 heterocycles. The molecule has 4 nitrogen and oxygen atoms in total. The molecule has 0 spiro atoms. The maximum Gasteiger partial charge on any atom is 0.268 e. The van der Waals surface area contributed by atoms with Gasteiger partial charge in [-0.3, -0.25) is 9.36 Å². The maximum atomic E-state index is 13.1. The van der Waals surface area contributed by atoms with Gasteiger partial charge in [0.1, 0.15) is 5.65 Å². The summed E-state index contributed by atoms with van der Waals surface area (Å²) in [7, 11) is 0. The van der Waals surface area contributed by atoms with Gasteiger partial charge in [-0.05, 0) is 42.9 Å². The number of H-pyrrole nitrogens is 1.